The molecule has 0 spiro atoms. The largest absolute Gasteiger partial charge is 0.395 e. The Hall–Kier alpha value is -1.99. The lowest BCUT2D eigenvalue weighted by Gasteiger charge is -2.35. The summed E-state index contributed by atoms with van der Waals surface area (Å²) in [7, 11) is 0. The third kappa shape index (κ3) is 4.75. The van der Waals surface area contributed by atoms with E-state index in [9.17, 15) is 14.0 Å². The zero-order chi connectivity index (χ0) is 17.5. The highest BCUT2D eigenvalue weighted by Crippen LogP contribution is 2.15. The fourth-order valence-electron chi connectivity index (χ4n) is 2.92. The van der Waals surface area contributed by atoms with Crippen LogP contribution in [0.2, 0.25) is 0 Å². The lowest BCUT2D eigenvalue weighted by Crippen LogP contribution is -2.56. The summed E-state index contributed by atoms with van der Waals surface area (Å²) in [4.78, 5) is 28.0. The van der Waals surface area contributed by atoms with E-state index >= 15 is 0 Å². The van der Waals surface area contributed by atoms with Crippen LogP contribution in [0.1, 0.15) is 18.9 Å². The number of halogens is 1. The van der Waals surface area contributed by atoms with E-state index in [1.165, 1.54) is 17.0 Å². The number of likely N-dealkylation sites (N-methyl/N-ethyl adjacent to an activating group) is 1. The van der Waals surface area contributed by atoms with Gasteiger partial charge < -0.3 is 15.3 Å². The van der Waals surface area contributed by atoms with Crippen LogP contribution in [-0.2, 0) is 16.1 Å². The highest BCUT2D eigenvalue weighted by molar-refractivity contribution is 5.88. The molecule has 1 aliphatic heterocycles. The molecule has 1 aromatic carbocycles. The van der Waals surface area contributed by atoms with Crippen molar-refractivity contribution in [2.75, 3.05) is 32.8 Å². The first-order valence-electron chi connectivity index (χ1n) is 8.20. The van der Waals surface area contributed by atoms with E-state index in [0.717, 1.165) is 5.56 Å². The number of nitrogens with one attached hydrogen (secondary N) is 1. The molecule has 132 valence electrons. The maximum absolute atomic E-state index is 13.4. The highest BCUT2D eigenvalue weighted by atomic mass is 19.1. The smallest absolute Gasteiger partial charge is 0.237 e. The molecule has 0 unspecified atom stereocenters. The first-order chi connectivity index (χ1) is 11.5. The van der Waals surface area contributed by atoms with E-state index in [0.29, 0.717) is 26.2 Å². The summed E-state index contributed by atoms with van der Waals surface area (Å²) in [5.41, 5.74) is 0.768. The predicted molar refractivity (Wildman–Crippen MR) is 87.6 cm³/mol. The van der Waals surface area contributed by atoms with Gasteiger partial charge in [-0.05, 0) is 24.6 Å². The Morgan fingerprint density at radius 1 is 1.50 bits per heavy atom. The number of hydrogen-bond donors (Lipinski definition) is 2. The predicted octanol–water partition coefficient (Wildman–Crippen LogP) is 0.357. The van der Waals surface area contributed by atoms with Gasteiger partial charge in [0.15, 0.2) is 0 Å². The summed E-state index contributed by atoms with van der Waals surface area (Å²) in [6, 6.07) is 5.67. The fourth-order valence-corrected chi connectivity index (χ4v) is 2.92. The molecule has 0 bridgehead atoms. The molecule has 2 rings (SSSR count). The van der Waals surface area contributed by atoms with Crippen LogP contribution >= 0.6 is 0 Å². The molecule has 2 N–H and O–H groups in total. The van der Waals surface area contributed by atoms with E-state index < -0.39 is 6.04 Å². The number of carbonyl (C=O) groups excluding carboxylic acids is 2. The Morgan fingerprint density at radius 3 is 2.96 bits per heavy atom. The van der Waals surface area contributed by atoms with E-state index in [1.807, 2.05) is 11.8 Å². The van der Waals surface area contributed by atoms with Crippen molar-refractivity contribution in [1.82, 2.24) is 15.1 Å². The van der Waals surface area contributed by atoms with Crippen LogP contribution < -0.4 is 5.32 Å². The Labute approximate surface area is 141 Å². The van der Waals surface area contributed by atoms with Crippen LogP contribution in [0.4, 0.5) is 4.39 Å². The molecule has 7 heteroatoms. The van der Waals surface area contributed by atoms with Crippen LogP contribution in [0.25, 0.3) is 0 Å². The summed E-state index contributed by atoms with van der Waals surface area (Å²) in [6.07, 6.45) is 0.0506. The number of amides is 2. The molecule has 0 saturated carbocycles. The molecule has 1 fully saturated rings. The summed E-state index contributed by atoms with van der Waals surface area (Å²) in [6.45, 7) is 3.99. The molecule has 0 radical (unpaired) electrons. The van der Waals surface area contributed by atoms with Gasteiger partial charge in [0.25, 0.3) is 0 Å². The lowest BCUT2D eigenvalue weighted by molar-refractivity contribution is -0.139. The fraction of sp³-hybridized carbons (Fsp3) is 0.529. The third-order valence-electron chi connectivity index (χ3n) is 4.19. The molecular weight excluding hydrogens is 313 g/mol. The van der Waals surface area contributed by atoms with Gasteiger partial charge in [-0.1, -0.05) is 12.1 Å². The van der Waals surface area contributed by atoms with Crippen molar-refractivity contribution in [2.24, 2.45) is 0 Å². The second-order valence-electron chi connectivity index (χ2n) is 5.81. The molecule has 2 amide bonds. The first-order valence-corrected chi connectivity index (χ1v) is 8.20. The lowest BCUT2D eigenvalue weighted by atomic mass is 10.1. The average molecular weight is 337 g/mol. The number of nitrogens with zero attached hydrogens (tertiary/aromatic N) is 2. The topological polar surface area (TPSA) is 72.9 Å². The maximum atomic E-state index is 13.4. The standard InChI is InChI=1S/C17H24FN3O3/c1-2-20(8-9-22)16(23)11-15-17(24)19-6-7-21(15)12-13-4-3-5-14(18)10-13/h3-5,10,15,22H,2,6-9,11-12H2,1H3,(H,19,24)/t15-/m0/s1. The van der Waals surface area contributed by atoms with Gasteiger partial charge in [0, 0.05) is 32.7 Å². The molecule has 1 aromatic rings. The Kier molecular flexibility index (Phi) is 6.69. The van der Waals surface area contributed by atoms with Crippen molar-refractivity contribution in [1.29, 1.82) is 0 Å². The minimum absolute atomic E-state index is 0.0506. The van der Waals surface area contributed by atoms with Crippen molar-refractivity contribution < 1.29 is 19.1 Å². The van der Waals surface area contributed by atoms with Gasteiger partial charge in [-0.25, -0.2) is 4.39 Å². The van der Waals surface area contributed by atoms with Crippen LogP contribution in [0.5, 0.6) is 0 Å². The van der Waals surface area contributed by atoms with Gasteiger partial charge in [-0.2, -0.15) is 0 Å². The molecule has 24 heavy (non-hydrogen) atoms. The van der Waals surface area contributed by atoms with Crippen LogP contribution in [0.3, 0.4) is 0 Å². The summed E-state index contributed by atoms with van der Waals surface area (Å²) in [5, 5.41) is 11.8. The normalized spacial score (nSPS) is 18.3. The second-order valence-corrected chi connectivity index (χ2v) is 5.81. The first kappa shape index (κ1) is 18.4. The molecule has 1 saturated heterocycles. The van der Waals surface area contributed by atoms with E-state index in [4.69, 9.17) is 5.11 Å². The number of carbonyl (C=O) groups is 2. The molecule has 1 atom stereocenters. The van der Waals surface area contributed by atoms with Gasteiger partial charge in [0.2, 0.25) is 11.8 Å². The Balaban J connectivity index is 2.08. The molecule has 6 nitrogen and oxygen atoms in total. The Bertz CT molecular complexity index is 582. The van der Waals surface area contributed by atoms with Gasteiger partial charge in [-0.15, -0.1) is 0 Å². The van der Waals surface area contributed by atoms with Gasteiger partial charge in [0.1, 0.15) is 5.82 Å². The summed E-state index contributed by atoms with van der Waals surface area (Å²) >= 11 is 0. The molecule has 1 aliphatic rings. The number of aliphatic hydroxyl groups excluding tert-OH is 1. The second kappa shape index (κ2) is 8.75. The molecule has 0 aliphatic carbocycles. The molecule has 0 aromatic heterocycles. The van der Waals surface area contributed by atoms with Crippen molar-refractivity contribution in [3.63, 3.8) is 0 Å². The minimum atomic E-state index is -0.581. The number of hydrogen-bond acceptors (Lipinski definition) is 4. The number of aliphatic hydroxyl groups is 1. The number of rotatable bonds is 7. The van der Waals surface area contributed by atoms with Gasteiger partial charge in [0.05, 0.1) is 19.1 Å². The van der Waals surface area contributed by atoms with Crippen LogP contribution in [0.15, 0.2) is 24.3 Å². The zero-order valence-electron chi connectivity index (χ0n) is 13.9. The SMILES string of the molecule is CCN(CCO)C(=O)C[C@H]1C(=O)NCCN1Cc1cccc(F)c1. The highest BCUT2D eigenvalue weighted by Gasteiger charge is 2.32. The third-order valence-corrected chi connectivity index (χ3v) is 4.19. The van der Waals surface area contributed by atoms with Crippen LogP contribution in [0, 0.1) is 5.82 Å². The van der Waals surface area contributed by atoms with E-state index in [-0.39, 0.29) is 37.2 Å². The van der Waals surface area contributed by atoms with E-state index in [1.54, 1.807) is 12.1 Å². The van der Waals surface area contributed by atoms with Crippen molar-refractivity contribution >= 4 is 11.8 Å². The van der Waals surface area contributed by atoms with Crippen molar-refractivity contribution in [3.8, 4) is 0 Å². The van der Waals surface area contributed by atoms with Crippen molar-refractivity contribution in [3.05, 3.63) is 35.6 Å². The zero-order valence-corrected chi connectivity index (χ0v) is 13.9. The van der Waals surface area contributed by atoms with Crippen LogP contribution in [-0.4, -0.2) is 65.5 Å². The molecular formula is C17H24FN3O3. The Morgan fingerprint density at radius 2 is 2.29 bits per heavy atom. The maximum Gasteiger partial charge on any atom is 0.237 e. The van der Waals surface area contributed by atoms with Gasteiger partial charge >= 0.3 is 0 Å². The van der Waals surface area contributed by atoms with E-state index in [2.05, 4.69) is 5.32 Å². The summed E-state index contributed by atoms with van der Waals surface area (Å²) < 4.78 is 13.4. The average Bonchev–Trinajstić information content (AvgIpc) is 2.55. The monoisotopic (exact) mass is 337 g/mol. The number of piperazine rings is 1. The quantitative estimate of drug-likeness (QED) is 0.753. The summed E-state index contributed by atoms with van der Waals surface area (Å²) in [5.74, 6) is -0.675. The van der Waals surface area contributed by atoms with Crippen molar-refractivity contribution in [2.45, 2.75) is 25.9 Å². The minimum Gasteiger partial charge on any atom is -0.395 e. The molecule has 1 heterocycles. The number of benzene rings is 1. The van der Waals surface area contributed by atoms with Gasteiger partial charge in [-0.3, -0.25) is 14.5 Å².